The zero-order valence-electron chi connectivity index (χ0n) is 7.94. The first-order valence-corrected chi connectivity index (χ1v) is 4.66. The second kappa shape index (κ2) is 4.58. The molecule has 1 aliphatic carbocycles. The van der Waals surface area contributed by atoms with Crippen molar-refractivity contribution in [3.8, 4) is 0 Å². The first-order valence-electron chi connectivity index (χ1n) is 4.66. The van der Waals surface area contributed by atoms with Gasteiger partial charge in [-0.2, -0.15) is 0 Å². The van der Waals surface area contributed by atoms with Crippen LogP contribution in [0.1, 0.15) is 19.3 Å². The molecule has 0 aromatic carbocycles. The van der Waals surface area contributed by atoms with Gasteiger partial charge in [0, 0.05) is 13.1 Å². The van der Waals surface area contributed by atoms with Gasteiger partial charge in [0.25, 0.3) is 0 Å². The molecular weight excluding hydrogens is 170 g/mol. The van der Waals surface area contributed by atoms with Gasteiger partial charge in [-0.3, -0.25) is 4.79 Å². The van der Waals surface area contributed by atoms with Crippen molar-refractivity contribution >= 4 is 5.97 Å². The molecule has 0 bridgehead atoms. The highest BCUT2D eigenvalue weighted by atomic mass is 16.4. The first kappa shape index (κ1) is 10.5. The molecule has 0 unspecified atom stereocenters. The summed E-state index contributed by atoms with van der Waals surface area (Å²) in [5, 5.41) is 17.5. The quantitative estimate of drug-likeness (QED) is 0.644. The zero-order chi connectivity index (χ0) is 9.84. The number of hydrogen-bond donors (Lipinski definition) is 2. The van der Waals surface area contributed by atoms with E-state index in [2.05, 4.69) is 0 Å². The van der Waals surface area contributed by atoms with E-state index in [1.807, 2.05) is 11.9 Å². The molecule has 0 saturated heterocycles. The van der Waals surface area contributed by atoms with Crippen molar-refractivity contribution in [2.45, 2.75) is 25.4 Å². The Balaban J connectivity index is 2.04. The van der Waals surface area contributed by atoms with E-state index in [1.54, 1.807) is 0 Å². The van der Waals surface area contributed by atoms with Crippen molar-refractivity contribution in [3.63, 3.8) is 0 Å². The molecule has 1 saturated carbocycles. The lowest BCUT2D eigenvalue weighted by Crippen LogP contribution is -2.37. The Morgan fingerprint density at radius 1 is 1.54 bits per heavy atom. The van der Waals surface area contributed by atoms with E-state index in [1.165, 1.54) is 0 Å². The lowest BCUT2D eigenvalue weighted by molar-refractivity contribution is -0.137. The van der Waals surface area contributed by atoms with Gasteiger partial charge < -0.3 is 15.1 Å². The second-order valence-corrected chi connectivity index (χ2v) is 3.90. The van der Waals surface area contributed by atoms with Gasteiger partial charge >= 0.3 is 5.97 Å². The van der Waals surface area contributed by atoms with Crippen LogP contribution in [0.25, 0.3) is 0 Å². The number of aliphatic carboxylic acids is 1. The Morgan fingerprint density at radius 3 is 2.62 bits per heavy atom. The molecule has 76 valence electrons. The molecule has 0 aliphatic heterocycles. The van der Waals surface area contributed by atoms with Crippen LogP contribution in [-0.2, 0) is 4.79 Å². The van der Waals surface area contributed by atoms with E-state index in [4.69, 9.17) is 10.2 Å². The lowest BCUT2D eigenvalue weighted by Gasteiger charge is -2.34. The third-order valence-corrected chi connectivity index (χ3v) is 2.49. The number of aliphatic hydroxyl groups excluding tert-OH is 1. The van der Waals surface area contributed by atoms with Crippen LogP contribution in [-0.4, -0.2) is 47.3 Å². The fraction of sp³-hybridized carbons (Fsp3) is 0.889. The minimum absolute atomic E-state index is 0.113. The van der Waals surface area contributed by atoms with Crippen LogP contribution < -0.4 is 0 Å². The maximum absolute atomic E-state index is 10.3. The number of rotatable bonds is 5. The van der Waals surface area contributed by atoms with Gasteiger partial charge in [-0.05, 0) is 25.8 Å². The van der Waals surface area contributed by atoms with Crippen LogP contribution in [0.3, 0.4) is 0 Å². The highest BCUT2D eigenvalue weighted by molar-refractivity contribution is 5.66. The van der Waals surface area contributed by atoms with E-state index in [-0.39, 0.29) is 12.5 Å². The number of hydrogen-bond acceptors (Lipinski definition) is 3. The fourth-order valence-corrected chi connectivity index (χ4v) is 1.67. The molecule has 0 aromatic rings. The van der Waals surface area contributed by atoms with Crippen molar-refractivity contribution in [2.75, 3.05) is 20.1 Å². The summed E-state index contributed by atoms with van der Waals surface area (Å²) in [6, 6.07) is 0. The van der Waals surface area contributed by atoms with Gasteiger partial charge in [-0.15, -0.1) is 0 Å². The highest BCUT2D eigenvalue weighted by Gasteiger charge is 2.27. The number of nitrogens with zero attached hydrogens (tertiary/aromatic N) is 1. The largest absolute Gasteiger partial charge is 0.481 e. The number of carboxylic acids is 1. The Hall–Kier alpha value is -0.610. The summed E-state index contributed by atoms with van der Waals surface area (Å²) in [6.07, 6.45) is 1.83. The van der Waals surface area contributed by atoms with Crippen molar-refractivity contribution in [1.29, 1.82) is 0 Å². The highest BCUT2D eigenvalue weighted by Crippen LogP contribution is 2.27. The molecule has 4 heteroatoms. The Kier molecular flexibility index (Phi) is 3.69. The molecule has 1 rings (SSSR count). The van der Waals surface area contributed by atoms with E-state index in [9.17, 15) is 4.79 Å². The van der Waals surface area contributed by atoms with Crippen LogP contribution in [0.4, 0.5) is 0 Å². The van der Waals surface area contributed by atoms with E-state index in [0.717, 1.165) is 19.4 Å². The summed E-state index contributed by atoms with van der Waals surface area (Å²) < 4.78 is 0. The molecule has 1 fully saturated rings. The summed E-state index contributed by atoms with van der Waals surface area (Å²) >= 11 is 0. The molecule has 2 N–H and O–H groups in total. The van der Waals surface area contributed by atoms with Crippen LogP contribution in [0.2, 0.25) is 0 Å². The van der Waals surface area contributed by atoms with Gasteiger partial charge in [0.15, 0.2) is 0 Å². The summed E-state index contributed by atoms with van der Waals surface area (Å²) in [7, 11) is 1.92. The van der Waals surface area contributed by atoms with Gasteiger partial charge in [0.05, 0.1) is 12.5 Å². The predicted molar refractivity (Wildman–Crippen MR) is 48.5 cm³/mol. The molecule has 0 heterocycles. The van der Waals surface area contributed by atoms with Crippen LogP contribution in [0.15, 0.2) is 0 Å². The van der Waals surface area contributed by atoms with Gasteiger partial charge in [0.2, 0.25) is 0 Å². The summed E-state index contributed by atoms with van der Waals surface area (Å²) in [5.74, 6) is -0.186. The molecule has 0 amide bonds. The molecule has 4 nitrogen and oxygen atoms in total. The maximum atomic E-state index is 10.3. The minimum atomic E-state index is -0.750. The van der Waals surface area contributed by atoms with Crippen LogP contribution >= 0.6 is 0 Å². The normalized spacial score (nSPS) is 27.3. The zero-order valence-corrected chi connectivity index (χ0v) is 7.94. The first-order chi connectivity index (χ1) is 6.08. The number of carboxylic acid groups (broad SMARTS) is 1. The third-order valence-electron chi connectivity index (χ3n) is 2.49. The standard InChI is InChI=1S/C9H17NO3/c1-10(3-2-9(12)13)6-7-4-8(11)5-7/h7-8,11H,2-6H2,1H3,(H,12,13). The van der Waals surface area contributed by atoms with E-state index < -0.39 is 5.97 Å². The van der Waals surface area contributed by atoms with E-state index >= 15 is 0 Å². The average molecular weight is 187 g/mol. The number of aliphatic hydroxyl groups is 1. The smallest absolute Gasteiger partial charge is 0.304 e. The van der Waals surface area contributed by atoms with Gasteiger partial charge in [0.1, 0.15) is 0 Å². The molecular formula is C9H17NO3. The fourth-order valence-electron chi connectivity index (χ4n) is 1.67. The molecule has 0 atom stereocenters. The maximum Gasteiger partial charge on any atom is 0.304 e. The summed E-state index contributed by atoms with van der Waals surface area (Å²) in [5.41, 5.74) is 0. The Labute approximate surface area is 78.2 Å². The topological polar surface area (TPSA) is 60.8 Å². The van der Waals surface area contributed by atoms with Crippen molar-refractivity contribution in [3.05, 3.63) is 0 Å². The second-order valence-electron chi connectivity index (χ2n) is 3.90. The van der Waals surface area contributed by atoms with E-state index in [0.29, 0.717) is 12.5 Å². The minimum Gasteiger partial charge on any atom is -0.481 e. The van der Waals surface area contributed by atoms with Crippen LogP contribution in [0.5, 0.6) is 0 Å². The monoisotopic (exact) mass is 187 g/mol. The Morgan fingerprint density at radius 2 is 2.15 bits per heavy atom. The summed E-state index contributed by atoms with van der Waals surface area (Å²) in [6.45, 7) is 1.51. The van der Waals surface area contributed by atoms with Crippen molar-refractivity contribution in [1.82, 2.24) is 4.90 Å². The molecule has 1 aliphatic rings. The van der Waals surface area contributed by atoms with Gasteiger partial charge in [-0.25, -0.2) is 0 Å². The summed E-state index contributed by atoms with van der Waals surface area (Å²) in [4.78, 5) is 12.3. The van der Waals surface area contributed by atoms with Gasteiger partial charge in [-0.1, -0.05) is 0 Å². The Bertz CT molecular complexity index is 178. The molecule has 0 spiro atoms. The average Bonchev–Trinajstić information content (AvgIpc) is 1.98. The lowest BCUT2D eigenvalue weighted by atomic mass is 9.82. The van der Waals surface area contributed by atoms with Crippen molar-refractivity contribution in [2.24, 2.45) is 5.92 Å². The van der Waals surface area contributed by atoms with Crippen molar-refractivity contribution < 1.29 is 15.0 Å². The predicted octanol–water partition coefficient (Wildman–Crippen LogP) is 0.164. The third kappa shape index (κ3) is 3.74. The molecule has 0 radical (unpaired) electrons. The van der Waals surface area contributed by atoms with Crippen LogP contribution in [0, 0.1) is 5.92 Å². The molecule has 0 aromatic heterocycles. The molecule has 13 heavy (non-hydrogen) atoms. The SMILES string of the molecule is CN(CCC(=O)O)CC1CC(O)C1. The number of carbonyl (C=O) groups is 1.